The quantitative estimate of drug-likeness (QED) is 0.0548. The Labute approximate surface area is 746 Å². The molecule has 676 valence electrons. The van der Waals surface area contributed by atoms with Crippen molar-refractivity contribution >= 4 is 124 Å². The molecule has 6 aromatic rings. The number of carbonyl (C=O) groups is 8. The number of aliphatic hydroxyl groups excluding tert-OH is 1. The summed E-state index contributed by atoms with van der Waals surface area (Å²) in [7, 11) is -7.84. The summed E-state index contributed by atoms with van der Waals surface area (Å²) >= 11 is 9.48. The number of aromatic nitrogens is 6. The highest BCUT2D eigenvalue weighted by Gasteiger charge is 2.65. The fourth-order valence-electron chi connectivity index (χ4n) is 18.6. The van der Waals surface area contributed by atoms with Crippen LogP contribution in [0.25, 0.3) is 43.2 Å². The Morgan fingerprint density at radius 2 is 1.03 bits per heavy atom. The molecule has 10 aliphatic rings. The van der Waals surface area contributed by atoms with Crippen LogP contribution in [-0.2, 0) is 63.1 Å². The number of nitrogens with zero attached hydrogens (tertiary/aromatic N) is 8. The number of aliphatic hydroxyl groups is 1. The number of fused-ring (bicyclic) bond motifs is 6. The van der Waals surface area contributed by atoms with Gasteiger partial charge < -0.3 is 34.4 Å². The standard InChI is InChI=1S/C47H61N5O8S2.C28H43N3O8S.C18H18ClN3S/c1-29-41(50-40-34(19-14-20-35(40)48-29)42-49-36(28-61-42)30-15-11-9-12-16-30)59-33-24-37-38(53)26-47(44(56)51-62(57,58)46(5)21-22-46)25-32(47)18-13-8-6-7-10-17-31(43(55)52(37)27-33)23-39(54)60-45(2,3)4;1-26(2,3)39-25(36)29-20-11-9-7-5-6-8-10-18-15-28(18,24(35)30-40(37,38)27(4)12-13-27)16-22(33)21-14-19(32)17-31(21)23(20)34;1-11-17(19)22-16-13(8-5-9-14(16)20-11)18-21-15(10-23-18)12-6-3-2-4-7-12/h13-14,18-20,28,30-33,37H,6-12,15-17,21-27H2,1-5H3,(H,51,56);8,10,18-21,32H,5-7,9,11-17H2,1-4H3,(H,29,36)(H,30,35);5,8-10,12H,2-4,6-7H2,1H3/b18-13-;10-8-;/t31-,32-,33-,37+,47-;18-,19-,20+,21+,28-;/m11./s1. The summed E-state index contributed by atoms with van der Waals surface area (Å²) < 4.78 is 72.5. The van der Waals surface area contributed by atoms with Crippen molar-refractivity contribution in [3.63, 3.8) is 0 Å². The van der Waals surface area contributed by atoms with Crippen molar-refractivity contribution in [3.8, 4) is 27.0 Å². The lowest BCUT2D eigenvalue weighted by Crippen LogP contribution is -2.53. The maximum absolute atomic E-state index is 14.8. The molecule has 4 aliphatic heterocycles. The van der Waals surface area contributed by atoms with E-state index >= 15 is 0 Å². The van der Waals surface area contributed by atoms with E-state index in [9.17, 15) is 60.3 Å². The van der Waals surface area contributed by atoms with Gasteiger partial charge in [0, 0.05) is 71.9 Å². The van der Waals surface area contributed by atoms with Crippen molar-refractivity contribution in [1.29, 1.82) is 0 Å². The average Bonchev–Trinajstić information content (AvgIpc) is 1.57. The average molecular weight is 1810 g/mol. The second-order valence-electron chi connectivity index (χ2n) is 39.1. The van der Waals surface area contributed by atoms with Gasteiger partial charge in [-0.25, -0.2) is 51.5 Å². The first-order chi connectivity index (χ1) is 59.2. The van der Waals surface area contributed by atoms with E-state index in [1.165, 1.54) is 66.9 Å². The van der Waals surface area contributed by atoms with E-state index in [2.05, 4.69) is 41.6 Å². The predicted octanol–water partition coefficient (Wildman–Crippen LogP) is 16.4. The highest BCUT2D eigenvalue weighted by Crippen LogP contribution is 2.59. The van der Waals surface area contributed by atoms with E-state index in [-0.39, 0.29) is 74.6 Å². The van der Waals surface area contributed by atoms with Crippen LogP contribution in [-0.4, -0.2) is 173 Å². The lowest BCUT2D eigenvalue weighted by atomic mass is 9.87. The van der Waals surface area contributed by atoms with E-state index in [4.69, 9.17) is 45.7 Å². The van der Waals surface area contributed by atoms with Crippen molar-refractivity contribution in [2.24, 2.45) is 28.6 Å². The van der Waals surface area contributed by atoms with Gasteiger partial charge in [0.05, 0.1) is 79.6 Å². The number of allylic oxidation sites excluding steroid dienone is 4. The zero-order chi connectivity index (χ0) is 89.3. The Hall–Kier alpha value is -8.23. The molecule has 0 radical (unpaired) electrons. The highest BCUT2D eigenvalue weighted by atomic mass is 35.5. The first-order valence-corrected chi connectivity index (χ1v) is 50.2. The lowest BCUT2D eigenvalue weighted by molar-refractivity contribution is -0.159. The van der Waals surface area contributed by atoms with Crippen molar-refractivity contribution in [3.05, 3.63) is 99.4 Å². The van der Waals surface area contributed by atoms with Crippen molar-refractivity contribution in [1.82, 2.24) is 54.5 Å². The Kier molecular flexibility index (Phi) is 28.1. The number of esters is 1. The van der Waals surface area contributed by atoms with E-state index in [0.717, 1.165) is 94.9 Å². The molecule has 10 atom stereocenters. The van der Waals surface area contributed by atoms with Gasteiger partial charge in [0.1, 0.15) is 50.1 Å². The maximum Gasteiger partial charge on any atom is 0.408 e. The van der Waals surface area contributed by atoms with E-state index in [1.807, 2.05) is 68.5 Å². The number of ether oxygens (including phenoxy) is 3. The first-order valence-electron chi connectivity index (χ1n) is 45.1. The second-order valence-corrected chi connectivity index (χ2v) is 45.5. The number of Topliss-reactive ketones (excluding diaryl/α,β-unsaturated/α-hetero) is 2. The highest BCUT2D eigenvalue weighted by molar-refractivity contribution is 7.92. The third kappa shape index (κ3) is 21.9. The fraction of sp³-hybridized carbons (Fsp3) is 0.634. The Morgan fingerprint density at radius 3 is 1.54 bits per heavy atom. The summed E-state index contributed by atoms with van der Waals surface area (Å²) in [5.41, 5.74) is 4.64. The molecule has 6 saturated carbocycles. The van der Waals surface area contributed by atoms with E-state index < -0.39 is 123 Å². The molecule has 0 bridgehead atoms. The molecule has 2 aromatic carbocycles. The number of halogens is 1. The number of nitrogens with one attached hydrogen (secondary N) is 3. The molecular formula is C93H122ClN11O16S4. The summed E-state index contributed by atoms with van der Waals surface area (Å²) in [6.45, 7) is 17.4. The maximum atomic E-state index is 14.8. The molecule has 4 N–H and O–H groups in total. The third-order valence-electron chi connectivity index (χ3n) is 26.8. The summed E-state index contributed by atoms with van der Waals surface area (Å²) in [5, 5.41) is 19.8. The van der Waals surface area contributed by atoms with Gasteiger partial charge in [-0.15, -0.1) is 22.7 Å². The predicted molar refractivity (Wildman–Crippen MR) is 479 cm³/mol. The molecule has 27 nitrogen and oxygen atoms in total. The van der Waals surface area contributed by atoms with Crippen LogP contribution >= 0.6 is 34.3 Å². The number of hydrogen-bond acceptors (Lipinski definition) is 24. The number of carbonyl (C=O) groups excluding carboxylic acids is 8. The van der Waals surface area contributed by atoms with E-state index in [0.29, 0.717) is 97.9 Å². The molecule has 8 fully saturated rings. The summed E-state index contributed by atoms with van der Waals surface area (Å²) in [4.78, 5) is 142. The normalized spacial score (nSPS) is 27.4. The molecule has 125 heavy (non-hydrogen) atoms. The number of alkyl carbamates (subject to hydrolysis) is 1. The SMILES string of the molecule is CC(C)(C)OC(=O)N[C@H]1CCCCC/C=C\[C@@H]2C[C@@]2(C(=O)NS(=O)(=O)C2(C)CC2)CC(=O)[C@@H]2C[C@@H](O)CN2C1=O.Cc1nc2cccc(-c3nc(C4CCCCC4)cs3)c2nc1Cl.Cc1nc2cccc(-c3nc(C4CCCCC4)cs3)c2nc1O[C@@H]1C[C@H]2C(=O)C[C@]3(C(=O)NS(=O)(=O)C4(C)CC4)C[C@H]3/C=C\CCCCC[C@H](CC(=O)OC(C)(C)C)C(=O)N2C1. The van der Waals surface area contributed by atoms with Gasteiger partial charge in [0.2, 0.25) is 49.6 Å². The number of ketones is 2. The third-order valence-corrected chi connectivity index (χ3v) is 33.3. The Bertz CT molecular complexity index is 5370. The molecule has 8 heterocycles. The molecular weight excluding hydrogens is 1690 g/mol. The first kappa shape index (κ1) is 92.9. The largest absolute Gasteiger partial charge is 0.471 e. The van der Waals surface area contributed by atoms with Crippen LogP contribution in [0.4, 0.5) is 4.79 Å². The van der Waals surface area contributed by atoms with Crippen LogP contribution in [0.5, 0.6) is 5.88 Å². The molecule has 5 amide bonds. The van der Waals surface area contributed by atoms with Crippen molar-refractivity contribution in [2.45, 2.75) is 331 Å². The summed E-state index contributed by atoms with van der Waals surface area (Å²) in [5.74, 6) is -3.40. The van der Waals surface area contributed by atoms with Gasteiger partial charge in [0.25, 0.3) is 0 Å². The molecule has 0 spiro atoms. The molecule has 0 unspecified atom stereocenters. The van der Waals surface area contributed by atoms with Gasteiger partial charge in [-0.1, -0.05) is 112 Å². The van der Waals surface area contributed by atoms with Gasteiger partial charge in [-0.2, -0.15) is 0 Å². The smallest absolute Gasteiger partial charge is 0.408 e. The van der Waals surface area contributed by atoms with Crippen LogP contribution in [0.2, 0.25) is 5.15 Å². The number of sulfonamides is 2. The number of amides is 5. The van der Waals surface area contributed by atoms with Crippen molar-refractivity contribution in [2.75, 3.05) is 13.1 Å². The fourth-order valence-corrected chi connectivity index (χ4v) is 23.2. The Morgan fingerprint density at radius 1 is 0.568 bits per heavy atom. The molecule has 16 rings (SSSR count). The second kappa shape index (κ2) is 37.8. The van der Waals surface area contributed by atoms with Crippen LogP contribution in [0, 0.1) is 42.4 Å². The topological polar surface area (TPSA) is 373 Å². The Balaban J connectivity index is 0.000000171. The number of thiazole rings is 2. The minimum Gasteiger partial charge on any atom is -0.471 e. The van der Waals surface area contributed by atoms with Crippen LogP contribution in [0.15, 0.2) is 71.5 Å². The zero-order valence-electron chi connectivity index (χ0n) is 73.7. The number of para-hydroxylation sites is 2. The van der Waals surface area contributed by atoms with Crippen LogP contribution in [0.1, 0.15) is 289 Å². The van der Waals surface area contributed by atoms with Gasteiger partial charge >= 0.3 is 12.1 Å². The zero-order valence-corrected chi connectivity index (χ0v) is 77.7. The molecule has 2 saturated heterocycles. The monoisotopic (exact) mass is 1810 g/mol. The van der Waals surface area contributed by atoms with Crippen LogP contribution < -0.4 is 19.5 Å². The lowest BCUT2D eigenvalue weighted by Gasteiger charge is -2.30. The minimum absolute atomic E-state index is 0.0122. The van der Waals surface area contributed by atoms with Gasteiger partial charge in [-0.3, -0.25) is 43.0 Å². The van der Waals surface area contributed by atoms with Crippen LogP contribution in [0.3, 0.4) is 0 Å². The van der Waals surface area contributed by atoms with Gasteiger partial charge in [0.15, 0.2) is 16.7 Å². The molecule has 6 aliphatic carbocycles. The minimum atomic E-state index is -3.96. The molecule has 32 heteroatoms. The number of rotatable bonds is 15. The number of aryl methyl sites for hydroxylation is 2. The van der Waals surface area contributed by atoms with E-state index in [1.54, 1.807) is 78.1 Å². The summed E-state index contributed by atoms with van der Waals surface area (Å²) in [6, 6.07) is 9.01. The van der Waals surface area contributed by atoms with Crippen molar-refractivity contribution < 1.29 is 74.5 Å². The molecule has 4 aromatic heterocycles. The number of hydrogen-bond donors (Lipinski definition) is 4. The van der Waals surface area contributed by atoms with Gasteiger partial charge in [-0.05, 0) is 208 Å². The number of benzene rings is 2. The summed E-state index contributed by atoms with van der Waals surface area (Å²) in [6.07, 6.45) is 26.9.